The average molecular weight is 256 g/mol. The standard InChI is InChI=1S/C15H20N4/c1-10-7-12(10)13-8-15-17-6-4-14(19(15)18-13)11-3-2-5-16-9-11/h4,6,8,10-12,16H,2-3,5,7,9H2,1H3. The Balaban J connectivity index is 1.75. The molecule has 3 unspecified atom stereocenters. The van der Waals surface area contributed by atoms with Crippen LogP contribution in [-0.2, 0) is 0 Å². The van der Waals surface area contributed by atoms with Crippen LogP contribution in [0.1, 0.15) is 49.4 Å². The second-order valence-electron chi connectivity index (χ2n) is 6.07. The lowest BCUT2D eigenvalue weighted by atomic mass is 9.96. The van der Waals surface area contributed by atoms with Crippen molar-refractivity contribution in [1.29, 1.82) is 0 Å². The van der Waals surface area contributed by atoms with E-state index in [-0.39, 0.29) is 0 Å². The first-order valence-corrected chi connectivity index (χ1v) is 7.38. The van der Waals surface area contributed by atoms with Crippen molar-refractivity contribution in [2.24, 2.45) is 5.92 Å². The van der Waals surface area contributed by atoms with Gasteiger partial charge in [0.1, 0.15) is 0 Å². The molecule has 0 spiro atoms. The fraction of sp³-hybridized carbons (Fsp3) is 0.600. The third-order valence-corrected chi connectivity index (χ3v) is 4.61. The van der Waals surface area contributed by atoms with Crippen molar-refractivity contribution in [2.75, 3.05) is 13.1 Å². The highest BCUT2D eigenvalue weighted by Crippen LogP contribution is 2.46. The molecule has 1 aliphatic heterocycles. The Kier molecular flexibility index (Phi) is 2.58. The molecule has 3 atom stereocenters. The van der Waals surface area contributed by atoms with Crippen molar-refractivity contribution in [3.63, 3.8) is 0 Å². The molecule has 2 fully saturated rings. The normalized spacial score (nSPS) is 30.7. The van der Waals surface area contributed by atoms with Gasteiger partial charge in [-0.15, -0.1) is 0 Å². The first kappa shape index (κ1) is 11.4. The molecular weight excluding hydrogens is 236 g/mol. The molecule has 1 aliphatic carbocycles. The van der Waals surface area contributed by atoms with Gasteiger partial charge in [0.15, 0.2) is 5.65 Å². The van der Waals surface area contributed by atoms with Gasteiger partial charge in [0.25, 0.3) is 0 Å². The summed E-state index contributed by atoms with van der Waals surface area (Å²) in [6.45, 7) is 4.51. The predicted octanol–water partition coefficient (Wildman–Crippen LogP) is 2.32. The van der Waals surface area contributed by atoms with Crippen LogP contribution < -0.4 is 5.32 Å². The van der Waals surface area contributed by atoms with Gasteiger partial charge in [-0.2, -0.15) is 5.10 Å². The summed E-state index contributed by atoms with van der Waals surface area (Å²) in [5, 5.41) is 8.31. The Bertz CT molecular complexity index is 597. The number of piperidine rings is 1. The number of aromatic nitrogens is 3. The summed E-state index contributed by atoms with van der Waals surface area (Å²) in [7, 11) is 0. The Morgan fingerprint density at radius 3 is 3.05 bits per heavy atom. The number of hydrogen-bond donors (Lipinski definition) is 1. The zero-order chi connectivity index (χ0) is 12.8. The van der Waals surface area contributed by atoms with Gasteiger partial charge in [0, 0.05) is 30.6 Å². The van der Waals surface area contributed by atoms with Crippen LogP contribution in [0.15, 0.2) is 18.3 Å². The van der Waals surface area contributed by atoms with E-state index in [0.717, 1.165) is 24.7 Å². The lowest BCUT2D eigenvalue weighted by Crippen LogP contribution is -2.29. The van der Waals surface area contributed by atoms with Crippen molar-refractivity contribution in [3.8, 4) is 0 Å². The summed E-state index contributed by atoms with van der Waals surface area (Å²) in [5.41, 5.74) is 3.56. The number of nitrogens with one attached hydrogen (secondary N) is 1. The highest BCUT2D eigenvalue weighted by molar-refractivity contribution is 5.43. The lowest BCUT2D eigenvalue weighted by Gasteiger charge is -2.23. The molecule has 4 rings (SSSR count). The first-order valence-electron chi connectivity index (χ1n) is 7.38. The summed E-state index contributed by atoms with van der Waals surface area (Å²) in [6.07, 6.45) is 5.72. The molecule has 1 N–H and O–H groups in total. The molecule has 2 aliphatic rings. The predicted molar refractivity (Wildman–Crippen MR) is 74.4 cm³/mol. The van der Waals surface area contributed by atoms with Gasteiger partial charge < -0.3 is 5.32 Å². The summed E-state index contributed by atoms with van der Waals surface area (Å²) in [5.74, 6) is 2.03. The van der Waals surface area contributed by atoms with E-state index in [1.54, 1.807) is 0 Å². The largest absolute Gasteiger partial charge is 0.316 e. The topological polar surface area (TPSA) is 42.2 Å². The van der Waals surface area contributed by atoms with Gasteiger partial charge in [-0.05, 0) is 37.8 Å². The second kappa shape index (κ2) is 4.30. The molecule has 0 amide bonds. The second-order valence-corrected chi connectivity index (χ2v) is 6.07. The monoisotopic (exact) mass is 256 g/mol. The van der Waals surface area contributed by atoms with E-state index in [4.69, 9.17) is 5.10 Å². The molecule has 1 saturated carbocycles. The summed E-state index contributed by atoms with van der Waals surface area (Å²) >= 11 is 0. The van der Waals surface area contributed by atoms with Crippen LogP contribution in [0.5, 0.6) is 0 Å². The molecule has 100 valence electrons. The fourth-order valence-corrected chi connectivity index (χ4v) is 3.26. The van der Waals surface area contributed by atoms with E-state index in [1.165, 1.54) is 30.7 Å². The number of hydrogen-bond acceptors (Lipinski definition) is 3. The Labute approximate surface area is 113 Å². The van der Waals surface area contributed by atoms with Crippen molar-refractivity contribution >= 4 is 5.65 Å². The molecule has 4 heteroatoms. The summed E-state index contributed by atoms with van der Waals surface area (Å²) < 4.78 is 2.08. The van der Waals surface area contributed by atoms with Gasteiger partial charge in [-0.3, -0.25) is 0 Å². The highest BCUT2D eigenvalue weighted by atomic mass is 15.3. The van der Waals surface area contributed by atoms with Gasteiger partial charge in [0.05, 0.1) is 11.4 Å². The Morgan fingerprint density at radius 2 is 2.32 bits per heavy atom. The molecular formula is C15H20N4. The van der Waals surface area contributed by atoms with Crippen molar-refractivity contribution in [1.82, 2.24) is 19.9 Å². The Morgan fingerprint density at radius 1 is 1.42 bits per heavy atom. The molecule has 19 heavy (non-hydrogen) atoms. The van der Waals surface area contributed by atoms with E-state index in [2.05, 4.69) is 33.9 Å². The number of rotatable bonds is 2. The average Bonchev–Trinajstić information content (AvgIpc) is 3.02. The van der Waals surface area contributed by atoms with E-state index in [9.17, 15) is 0 Å². The van der Waals surface area contributed by atoms with E-state index < -0.39 is 0 Å². The third kappa shape index (κ3) is 1.94. The highest BCUT2D eigenvalue weighted by Gasteiger charge is 2.36. The van der Waals surface area contributed by atoms with Gasteiger partial charge in [0.2, 0.25) is 0 Å². The van der Waals surface area contributed by atoms with Gasteiger partial charge in [-0.1, -0.05) is 6.92 Å². The third-order valence-electron chi connectivity index (χ3n) is 4.61. The minimum absolute atomic E-state index is 0.573. The molecule has 2 aromatic heterocycles. The zero-order valence-corrected chi connectivity index (χ0v) is 11.3. The first-order chi connectivity index (χ1) is 9.33. The van der Waals surface area contributed by atoms with Crippen molar-refractivity contribution in [3.05, 3.63) is 29.7 Å². The lowest BCUT2D eigenvalue weighted by molar-refractivity contribution is 0.448. The molecule has 4 nitrogen and oxygen atoms in total. The zero-order valence-electron chi connectivity index (χ0n) is 11.3. The van der Waals surface area contributed by atoms with Crippen LogP contribution in [-0.4, -0.2) is 27.7 Å². The minimum atomic E-state index is 0.573. The number of fused-ring (bicyclic) bond motifs is 1. The molecule has 0 bridgehead atoms. The number of nitrogens with zero attached hydrogens (tertiary/aromatic N) is 3. The van der Waals surface area contributed by atoms with Gasteiger partial charge in [-0.25, -0.2) is 9.50 Å². The summed E-state index contributed by atoms with van der Waals surface area (Å²) in [4.78, 5) is 4.47. The SMILES string of the molecule is CC1CC1c1cc2nccc(C3CCCNC3)n2n1. The van der Waals surface area contributed by atoms with Crippen LogP contribution in [0.3, 0.4) is 0 Å². The van der Waals surface area contributed by atoms with Crippen LogP contribution in [0.25, 0.3) is 5.65 Å². The maximum absolute atomic E-state index is 4.83. The van der Waals surface area contributed by atoms with Crippen LogP contribution in [0.4, 0.5) is 0 Å². The quantitative estimate of drug-likeness (QED) is 0.896. The maximum atomic E-state index is 4.83. The molecule has 0 aromatic carbocycles. The van der Waals surface area contributed by atoms with E-state index in [1.807, 2.05) is 6.20 Å². The Hall–Kier alpha value is -1.42. The summed E-state index contributed by atoms with van der Waals surface area (Å²) in [6, 6.07) is 4.31. The molecule has 2 aromatic rings. The van der Waals surface area contributed by atoms with E-state index in [0.29, 0.717) is 11.8 Å². The maximum Gasteiger partial charge on any atom is 0.155 e. The van der Waals surface area contributed by atoms with E-state index >= 15 is 0 Å². The van der Waals surface area contributed by atoms with Gasteiger partial charge >= 0.3 is 0 Å². The smallest absolute Gasteiger partial charge is 0.155 e. The van der Waals surface area contributed by atoms with Crippen LogP contribution in [0.2, 0.25) is 0 Å². The molecule has 1 saturated heterocycles. The fourth-order valence-electron chi connectivity index (χ4n) is 3.26. The van der Waals surface area contributed by atoms with Crippen LogP contribution >= 0.6 is 0 Å². The van der Waals surface area contributed by atoms with Crippen LogP contribution in [0, 0.1) is 5.92 Å². The molecule has 0 radical (unpaired) electrons. The van der Waals surface area contributed by atoms with Crippen molar-refractivity contribution in [2.45, 2.75) is 38.0 Å². The van der Waals surface area contributed by atoms with Crippen molar-refractivity contribution < 1.29 is 0 Å². The molecule has 3 heterocycles. The minimum Gasteiger partial charge on any atom is -0.316 e.